The molecule has 1 fully saturated rings. The van der Waals surface area contributed by atoms with Crippen molar-refractivity contribution in [3.05, 3.63) is 48.4 Å². The molecule has 1 amide bonds. The number of hydrogen-bond acceptors (Lipinski definition) is 5. The number of likely N-dealkylation sites (tertiary alicyclic amines) is 1. The van der Waals surface area contributed by atoms with Crippen LogP contribution in [0.5, 0.6) is 11.8 Å². The first-order valence-corrected chi connectivity index (χ1v) is 8.62. The first-order chi connectivity index (χ1) is 12.7. The molecule has 134 valence electrons. The van der Waals surface area contributed by atoms with E-state index in [0.717, 1.165) is 30.3 Å². The minimum Gasteiger partial charge on any atom is -0.480 e. The summed E-state index contributed by atoms with van der Waals surface area (Å²) in [6.45, 7) is 1.25. The summed E-state index contributed by atoms with van der Waals surface area (Å²) in [5.74, 6) is 0.841. The van der Waals surface area contributed by atoms with E-state index >= 15 is 0 Å². The minimum absolute atomic E-state index is 0.0208. The number of aromatic amines is 1. The number of nitrogens with one attached hydrogen (secondary N) is 1. The third-order valence-corrected chi connectivity index (χ3v) is 4.57. The van der Waals surface area contributed by atoms with Crippen LogP contribution in [-0.2, 0) is 0 Å². The smallest absolute Gasteiger partial charge is 0.256 e. The van der Waals surface area contributed by atoms with Gasteiger partial charge in [0.15, 0.2) is 0 Å². The molecule has 0 bridgehead atoms. The van der Waals surface area contributed by atoms with E-state index in [1.54, 1.807) is 12.4 Å². The Morgan fingerprint density at radius 3 is 3.00 bits per heavy atom. The van der Waals surface area contributed by atoms with E-state index in [9.17, 15) is 4.79 Å². The average Bonchev–Trinajstić information content (AvgIpc) is 3.12. The van der Waals surface area contributed by atoms with Crippen molar-refractivity contribution in [2.75, 3.05) is 20.2 Å². The van der Waals surface area contributed by atoms with E-state index in [2.05, 4.69) is 15.0 Å². The SMILES string of the molecule is COc1cncc(OC2CCCN(C(=O)c3c[nH]c4ccccc34)C2)n1. The number of carbonyl (C=O) groups is 1. The lowest BCUT2D eigenvalue weighted by molar-refractivity contribution is 0.0527. The van der Waals surface area contributed by atoms with Crippen LogP contribution in [0.3, 0.4) is 0 Å². The van der Waals surface area contributed by atoms with Gasteiger partial charge < -0.3 is 19.4 Å². The van der Waals surface area contributed by atoms with Crippen molar-refractivity contribution < 1.29 is 14.3 Å². The molecule has 1 atom stereocenters. The van der Waals surface area contributed by atoms with Crippen LogP contribution in [0.2, 0.25) is 0 Å². The molecule has 0 spiro atoms. The van der Waals surface area contributed by atoms with Crippen LogP contribution < -0.4 is 9.47 Å². The van der Waals surface area contributed by atoms with E-state index in [1.165, 1.54) is 13.3 Å². The van der Waals surface area contributed by atoms with E-state index in [4.69, 9.17) is 9.47 Å². The fourth-order valence-corrected chi connectivity index (χ4v) is 3.29. The van der Waals surface area contributed by atoms with Gasteiger partial charge in [-0.2, -0.15) is 4.98 Å². The molecule has 3 aromatic rings. The maximum Gasteiger partial charge on any atom is 0.256 e. The standard InChI is InChI=1S/C19H20N4O3/c1-25-17-10-20-11-18(22-17)26-13-5-4-8-23(12-13)19(24)15-9-21-16-7-3-2-6-14(15)16/h2-3,6-7,9-11,13,21H,4-5,8,12H2,1H3. The second-order valence-electron chi connectivity index (χ2n) is 6.28. The molecule has 3 heterocycles. The van der Waals surface area contributed by atoms with Gasteiger partial charge in [-0.15, -0.1) is 0 Å². The van der Waals surface area contributed by atoms with Gasteiger partial charge in [-0.3, -0.25) is 9.78 Å². The molecule has 1 unspecified atom stereocenters. The highest BCUT2D eigenvalue weighted by molar-refractivity contribution is 6.06. The monoisotopic (exact) mass is 352 g/mol. The number of amides is 1. The number of fused-ring (bicyclic) bond motifs is 1. The predicted octanol–water partition coefficient (Wildman–Crippen LogP) is 2.65. The molecule has 0 radical (unpaired) electrons. The van der Waals surface area contributed by atoms with Gasteiger partial charge in [0.2, 0.25) is 11.8 Å². The Kier molecular flexibility index (Phi) is 4.43. The summed E-state index contributed by atoms with van der Waals surface area (Å²) in [5, 5.41) is 0.944. The van der Waals surface area contributed by atoms with Gasteiger partial charge in [0.25, 0.3) is 5.91 Å². The quantitative estimate of drug-likeness (QED) is 0.781. The Hall–Kier alpha value is -3.09. The number of H-pyrrole nitrogens is 1. The predicted molar refractivity (Wildman–Crippen MR) is 96.4 cm³/mol. The van der Waals surface area contributed by atoms with Crippen LogP contribution in [0, 0.1) is 0 Å². The Morgan fingerprint density at radius 1 is 1.27 bits per heavy atom. The van der Waals surface area contributed by atoms with E-state index in [-0.39, 0.29) is 12.0 Å². The van der Waals surface area contributed by atoms with Crippen molar-refractivity contribution in [2.45, 2.75) is 18.9 Å². The highest BCUT2D eigenvalue weighted by atomic mass is 16.5. The second kappa shape index (κ2) is 7.03. The highest BCUT2D eigenvalue weighted by Gasteiger charge is 2.27. The molecule has 1 aliphatic rings. The summed E-state index contributed by atoms with van der Waals surface area (Å²) in [5.41, 5.74) is 1.66. The van der Waals surface area contributed by atoms with Gasteiger partial charge in [-0.25, -0.2) is 0 Å². The Labute approximate surface area is 151 Å². The largest absolute Gasteiger partial charge is 0.480 e. The molecule has 0 aliphatic carbocycles. The van der Waals surface area contributed by atoms with E-state index < -0.39 is 0 Å². The molecule has 7 nitrogen and oxygen atoms in total. The van der Waals surface area contributed by atoms with Crippen LogP contribution in [0.25, 0.3) is 10.9 Å². The maximum absolute atomic E-state index is 13.0. The summed E-state index contributed by atoms with van der Waals surface area (Å²) in [7, 11) is 1.54. The fourth-order valence-electron chi connectivity index (χ4n) is 3.29. The van der Waals surface area contributed by atoms with Gasteiger partial charge in [0.1, 0.15) is 6.10 Å². The maximum atomic E-state index is 13.0. The molecule has 26 heavy (non-hydrogen) atoms. The van der Waals surface area contributed by atoms with Crippen molar-refractivity contribution in [3.63, 3.8) is 0 Å². The van der Waals surface area contributed by atoms with Crippen molar-refractivity contribution in [3.8, 4) is 11.8 Å². The lowest BCUT2D eigenvalue weighted by atomic mass is 10.1. The number of benzene rings is 1. The minimum atomic E-state index is -0.112. The zero-order valence-corrected chi connectivity index (χ0v) is 14.5. The summed E-state index contributed by atoms with van der Waals surface area (Å²) >= 11 is 0. The van der Waals surface area contributed by atoms with E-state index in [0.29, 0.717) is 23.9 Å². The topological polar surface area (TPSA) is 80.3 Å². The third kappa shape index (κ3) is 3.20. The lowest BCUT2D eigenvalue weighted by Gasteiger charge is -2.32. The average molecular weight is 352 g/mol. The van der Waals surface area contributed by atoms with Crippen LogP contribution in [0.4, 0.5) is 0 Å². The van der Waals surface area contributed by atoms with Crippen LogP contribution in [-0.4, -0.2) is 52.1 Å². The number of methoxy groups -OCH3 is 1. The second-order valence-corrected chi connectivity index (χ2v) is 6.28. The number of para-hydroxylation sites is 1. The summed E-state index contributed by atoms with van der Waals surface area (Å²) < 4.78 is 11.0. The number of ether oxygens (including phenoxy) is 2. The third-order valence-electron chi connectivity index (χ3n) is 4.57. The number of carbonyl (C=O) groups excluding carboxylic acids is 1. The van der Waals surface area contributed by atoms with Gasteiger partial charge in [-0.1, -0.05) is 18.2 Å². The molecule has 1 aromatic carbocycles. The number of hydrogen-bond donors (Lipinski definition) is 1. The summed E-state index contributed by atoms with van der Waals surface area (Å²) in [6, 6.07) is 7.82. The van der Waals surface area contributed by atoms with E-state index in [1.807, 2.05) is 29.2 Å². The molecule has 0 saturated carbocycles. The van der Waals surface area contributed by atoms with Gasteiger partial charge in [0, 0.05) is 23.6 Å². The fraction of sp³-hybridized carbons (Fsp3) is 0.316. The first-order valence-electron chi connectivity index (χ1n) is 8.62. The van der Waals surface area contributed by atoms with Crippen LogP contribution in [0.15, 0.2) is 42.9 Å². The van der Waals surface area contributed by atoms with Crippen molar-refractivity contribution in [2.24, 2.45) is 0 Å². The summed E-state index contributed by atoms with van der Waals surface area (Å²) in [6.07, 6.45) is 6.51. The molecule has 1 aliphatic heterocycles. The molecule has 2 aromatic heterocycles. The van der Waals surface area contributed by atoms with Gasteiger partial charge in [-0.05, 0) is 18.9 Å². The van der Waals surface area contributed by atoms with Gasteiger partial charge in [0.05, 0.1) is 31.6 Å². The molecule has 1 N–H and O–H groups in total. The first kappa shape index (κ1) is 16.4. The number of piperidine rings is 1. The Bertz CT molecular complexity index is 924. The normalized spacial score (nSPS) is 17.3. The number of rotatable bonds is 4. The number of nitrogens with zero attached hydrogens (tertiary/aromatic N) is 3. The molecule has 4 rings (SSSR count). The molecular formula is C19H20N4O3. The van der Waals surface area contributed by atoms with Crippen molar-refractivity contribution >= 4 is 16.8 Å². The summed E-state index contributed by atoms with van der Waals surface area (Å²) in [4.78, 5) is 26.3. The van der Waals surface area contributed by atoms with Crippen LogP contribution >= 0.6 is 0 Å². The highest BCUT2D eigenvalue weighted by Crippen LogP contribution is 2.23. The lowest BCUT2D eigenvalue weighted by Crippen LogP contribution is -2.44. The van der Waals surface area contributed by atoms with Gasteiger partial charge >= 0.3 is 0 Å². The molecule has 1 saturated heterocycles. The molecular weight excluding hydrogens is 332 g/mol. The van der Waals surface area contributed by atoms with Crippen molar-refractivity contribution in [1.29, 1.82) is 0 Å². The number of aromatic nitrogens is 3. The van der Waals surface area contributed by atoms with Crippen LogP contribution in [0.1, 0.15) is 23.2 Å². The molecule has 7 heteroatoms. The zero-order valence-electron chi connectivity index (χ0n) is 14.5. The Morgan fingerprint density at radius 2 is 2.12 bits per heavy atom. The zero-order chi connectivity index (χ0) is 17.9. The Balaban J connectivity index is 1.48. The van der Waals surface area contributed by atoms with Crippen molar-refractivity contribution in [1.82, 2.24) is 19.9 Å².